The molecule has 0 bridgehead atoms. The smallest absolute Gasteiger partial charge is 0.335 e. The van der Waals surface area contributed by atoms with Gasteiger partial charge in [0.05, 0.1) is 18.2 Å². The molecule has 0 aromatic rings. The van der Waals surface area contributed by atoms with E-state index in [-0.39, 0.29) is 13.2 Å². The number of nitrogens with zero attached hydrogens (tertiary/aromatic N) is 2. The first-order valence-electron chi connectivity index (χ1n) is 5.67. The molecule has 0 heterocycles. The van der Waals surface area contributed by atoms with Gasteiger partial charge in [-0.15, -0.1) is 11.6 Å². The number of alkyl halides is 1. The highest BCUT2D eigenvalue weighted by Crippen LogP contribution is 2.32. The Bertz CT molecular complexity index is 474. The third kappa shape index (κ3) is 4.11. The highest BCUT2D eigenvalue weighted by Gasteiger charge is 2.31. The van der Waals surface area contributed by atoms with Crippen LogP contribution in [0.4, 0.5) is 4.79 Å². The molecule has 20 heavy (non-hydrogen) atoms. The zero-order chi connectivity index (χ0) is 15.3. The zero-order valence-electron chi connectivity index (χ0n) is 11.1. The van der Waals surface area contributed by atoms with Gasteiger partial charge in [0.15, 0.2) is 0 Å². The van der Waals surface area contributed by atoms with Gasteiger partial charge in [-0.1, -0.05) is 16.8 Å². The molecule has 0 spiro atoms. The van der Waals surface area contributed by atoms with Gasteiger partial charge in [0.25, 0.3) is 0 Å². The molecule has 112 valence electrons. The second-order valence-corrected chi connectivity index (χ2v) is 5.32. The Morgan fingerprint density at radius 3 is 2.90 bits per heavy atom. The van der Waals surface area contributed by atoms with Gasteiger partial charge in [-0.3, -0.25) is 5.01 Å². The lowest BCUT2D eigenvalue weighted by Gasteiger charge is -2.28. The van der Waals surface area contributed by atoms with Crippen LogP contribution in [0.15, 0.2) is 28.0 Å². The molecule has 9 heteroatoms. The van der Waals surface area contributed by atoms with Crippen LogP contribution in [0, 0.1) is 0 Å². The molecule has 1 rings (SSSR count). The number of hydrazine groups is 1. The Labute approximate surface area is 126 Å². The van der Waals surface area contributed by atoms with E-state index in [9.17, 15) is 4.79 Å². The standard InChI is InChI=1S/C11H16Cl2N4O3/c1-11(13)6-7(12)8(16-20-2)5-9(11)15-10(19)17(14)3-4-18/h5-6,18H,3-4,14H2,1-2H3,(H,15,19). The van der Waals surface area contributed by atoms with Crippen molar-refractivity contribution < 1.29 is 14.7 Å². The number of hydrogen-bond acceptors (Lipinski definition) is 5. The Balaban J connectivity index is 2.94. The largest absolute Gasteiger partial charge is 0.399 e. The molecule has 4 N–H and O–H groups in total. The van der Waals surface area contributed by atoms with Crippen molar-refractivity contribution in [1.82, 2.24) is 10.3 Å². The number of aliphatic hydroxyl groups excluding tert-OH is 1. The van der Waals surface area contributed by atoms with E-state index in [2.05, 4.69) is 15.3 Å². The summed E-state index contributed by atoms with van der Waals surface area (Å²) in [6, 6.07) is -0.611. The number of hydrogen-bond donors (Lipinski definition) is 3. The number of nitrogens with two attached hydrogens (primary N) is 1. The van der Waals surface area contributed by atoms with E-state index < -0.39 is 10.9 Å². The molecule has 7 nitrogen and oxygen atoms in total. The summed E-state index contributed by atoms with van der Waals surface area (Å²) in [7, 11) is 1.38. The molecule has 0 radical (unpaired) electrons. The fraction of sp³-hybridized carbons (Fsp3) is 0.455. The van der Waals surface area contributed by atoms with Crippen molar-refractivity contribution >= 4 is 34.9 Å². The van der Waals surface area contributed by atoms with E-state index in [0.29, 0.717) is 16.4 Å². The highest BCUT2D eigenvalue weighted by molar-refractivity contribution is 6.47. The molecule has 1 aliphatic carbocycles. The van der Waals surface area contributed by atoms with Gasteiger partial charge < -0.3 is 15.3 Å². The first-order chi connectivity index (χ1) is 9.31. The van der Waals surface area contributed by atoms with Crippen molar-refractivity contribution in [2.45, 2.75) is 11.8 Å². The van der Waals surface area contributed by atoms with Gasteiger partial charge in [0.2, 0.25) is 0 Å². The van der Waals surface area contributed by atoms with Gasteiger partial charge >= 0.3 is 6.03 Å². The van der Waals surface area contributed by atoms with Crippen LogP contribution in [0.1, 0.15) is 6.92 Å². The normalized spacial score (nSPS) is 24.0. The fourth-order valence-corrected chi connectivity index (χ4v) is 2.03. The summed E-state index contributed by atoms with van der Waals surface area (Å²) in [5, 5.41) is 16.1. The quantitative estimate of drug-likeness (QED) is 0.309. The van der Waals surface area contributed by atoms with Gasteiger partial charge in [-0.25, -0.2) is 10.6 Å². The zero-order valence-corrected chi connectivity index (χ0v) is 12.6. The predicted molar refractivity (Wildman–Crippen MR) is 77.2 cm³/mol. The lowest BCUT2D eigenvalue weighted by Crippen LogP contribution is -2.48. The summed E-state index contributed by atoms with van der Waals surface area (Å²) in [4.78, 5) is 15.4. The molecule has 0 saturated carbocycles. The van der Waals surface area contributed by atoms with Crippen molar-refractivity contribution in [3.8, 4) is 0 Å². The average molecular weight is 323 g/mol. The Morgan fingerprint density at radius 1 is 1.70 bits per heavy atom. The topological polar surface area (TPSA) is 100 Å². The fourth-order valence-electron chi connectivity index (χ4n) is 1.46. The first-order valence-corrected chi connectivity index (χ1v) is 6.42. The Morgan fingerprint density at radius 2 is 2.35 bits per heavy atom. The lowest BCUT2D eigenvalue weighted by atomic mass is 9.99. The first kappa shape index (κ1) is 16.8. The van der Waals surface area contributed by atoms with Crippen LogP contribution in [-0.4, -0.2) is 47.0 Å². The minimum atomic E-state index is -1.01. The van der Waals surface area contributed by atoms with Gasteiger partial charge in [0, 0.05) is 5.70 Å². The van der Waals surface area contributed by atoms with Crippen molar-refractivity contribution in [1.29, 1.82) is 0 Å². The summed E-state index contributed by atoms with van der Waals surface area (Å²) in [5.74, 6) is 5.45. The molecule has 0 saturated heterocycles. The van der Waals surface area contributed by atoms with Gasteiger partial charge in [-0.2, -0.15) is 0 Å². The number of amides is 2. The highest BCUT2D eigenvalue weighted by atomic mass is 35.5. The minimum Gasteiger partial charge on any atom is -0.399 e. The number of allylic oxidation sites excluding steroid dienone is 3. The SMILES string of the molecule is CON=C1C=C(NC(=O)N(N)CCO)C(C)(Cl)C=C1Cl. The second-order valence-electron chi connectivity index (χ2n) is 4.13. The van der Waals surface area contributed by atoms with E-state index in [4.69, 9.17) is 34.2 Å². The molecular formula is C11H16Cl2N4O3. The summed E-state index contributed by atoms with van der Waals surface area (Å²) in [6.07, 6.45) is 3.01. The van der Waals surface area contributed by atoms with E-state index in [1.54, 1.807) is 6.92 Å². The molecule has 1 unspecified atom stereocenters. The number of halogens is 2. The van der Waals surface area contributed by atoms with Crippen molar-refractivity contribution in [3.63, 3.8) is 0 Å². The molecule has 1 atom stereocenters. The number of aliphatic hydroxyl groups is 1. The summed E-state index contributed by atoms with van der Waals surface area (Å²) < 4.78 is 0. The van der Waals surface area contributed by atoms with Crippen molar-refractivity contribution in [2.75, 3.05) is 20.3 Å². The number of nitrogens with one attached hydrogen (secondary N) is 1. The number of oxime groups is 1. The van der Waals surface area contributed by atoms with Crippen molar-refractivity contribution in [3.05, 3.63) is 22.9 Å². The summed E-state index contributed by atoms with van der Waals surface area (Å²) in [6.45, 7) is 1.40. The van der Waals surface area contributed by atoms with Crippen LogP contribution in [0.2, 0.25) is 0 Å². The van der Waals surface area contributed by atoms with Crippen LogP contribution < -0.4 is 11.2 Å². The Kier molecular flexibility index (Phi) is 5.82. The Hall–Kier alpha value is -1.28. The molecule has 1 aliphatic rings. The van der Waals surface area contributed by atoms with Crippen LogP contribution in [0.25, 0.3) is 0 Å². The minimum absolute atomic E-state index is 0.00622. The molecule has 0 aliphatic heterocycles. The predicted octanol–water partition coefficient (Wildman–Crippen LogP) is 0.884. The number of carbonyl (C=O) groups excluding carboxylic acids is 1. The maximum absolute atomic E-state index is 11.8. The maximum Gasteiger partial charge on any atom is 0.335 e. The lowest BCUT2D eigenvalue weighted by molar-refractivity contribution is 0.180. The molecule has 0 fully saturated rings. The monoisotopic (exact) mass is 322 g/mol. The van der Waals surface area contributed by atoms with E-state index in [1.807, 2.05) is 0 Å². The van der Waals surface area contributed by atoms with Crippen LogP contribution in [0.5, 0.6) is 0 Å². The van der Waals surface area contributed by atoms with Crippen molar-refractivity contribution in [2.24, 2.45) is 11.0 Å². The number of urea groups is 1. The van der Waals surface area contributed by atoms with Crippen LogP contribution in [0.3, 0.4) is 0 Å². The average Bonchev–Trinajstić information content (AvgIpc) is 2.35. The molecule has 0 aromatic carbocycles. The number of rotatable bonds is 4. The maximum atomic E-state index is 11.8. The molecule has 0 aromatic heterocycles. The third-order valence-electron chi connectivity index (χ3n) is 2.48. The second kappa shape index (κ2) is 6.94. The van der Waals surface area contributed by atoms with Gasteiger partial charge in [-0.05, 0) is 19.1 Å². The van der Waals surface area contributed by atoms with Gasteiger partial charge in [0.1, 0.15) is 17.7 Å². The number of carbonyl (C=O) groups is 1. The van der Waals surface area contributed by atoms with E-state index in [1.165, 1.54) is 19.3 Å². The van der Waals surface area contributed by atoms with Crippen LogP contribution in [-0.2, 0) is 4.84 Å². The summed E-state index contributed by atoms with van der Waals surface area (Å²) >= 11 is 12.3. The third-order valence-corrected chi connectivity index (χ3v) is 3.10. The van der Waals surface area contributed by atoms with E-state index in [0.717, 1.165) is 5.01 Å². The van der Waals surface area contributed by atoms with Crippen LogP contribution >= 0.6 is 23.2 Å². The molecular weight excluding hydrogens is 307 g/mol. The van der Waals surface area contributed by atoms with E-state index >= 15 is 0 Å². The summed E-state index contributed by atoms with van der Waals surface area (Å²) in [5.41, 5.74) is 0.672. The molecule has 2 amide bonds.